The molecule has 0 spiro atoms. The maximum Gasteiger partial charge on any atom is 0.518 e. The Kier molecular flexibility index (Phi) is 9.94. The maximum absolute atomic E-state index is 14.0. The Morgan fingerprint density at radius 1 is 0.957 bits per heavy atom. The van der Waals surface area contributed by atoms with E-state index in [2.05, 4.69) is 9.51 Å². The summed E-state index contributed by atoms with van der Waals surface area (Å²) in [7, 11) is -0.130. The van der Waals surface area contributed by atoms with Gasteiger partial charge in [-0.25, -0.2) is 9.55 Å². The van der Waals surface area contributed by atoms with Crippen LogP contribution in [0.15, 0.2) is 54.7 Å². The average Bonchev–Trinajstić information content (AvgIpc) is 2.99. The van der Waals surface area contributed by atoms with Crippen molar-refractivity contribution in [1.82, 2.24) is 4.98 Å². The molecule has 1 amide bonds. The zero-order valence-corrected chi connectivity index (χ0v) is 27.5. The van der Waals surface area contributed by atoms with E-state index in [0.717, 1.165) is 18.2 Å². The van der Waals surface area contributed by atoms with Gasteiger partial charge < -0.3 is 9.80 Å². The predicted molar refractivity (Wildman–Crippen MR) is 163 cm³/mol. The van der Waals surface area contributed by atoms with Crippen LogP contribution in [0.3, 0.4) is 0 Å². The van der Waals surface area contributed by atoms with Gasteiger partial charge >= 0.3 is 20.2 Å². The van der Waals surface area contributed by atoms with Crippen LogP contribution < -0.4 is 9.80 Å². The molecule has 256 valence electrons. The monoisotopic (exact) mass is 689 g/mol. The first-order valence-electron chi connectivity index (χ1n) is 14.4. The van der Waals surface area contributed by atoms with Crippen LogP contribution in [-0.4, -0.2) is 67.8 Å². The van der Waals surface area contributed by atoms with E-state index in [1.165, 1.54) is 32.0 Å². The molecule has 1 atom stereocenters. The molecule has 2 heterocycles. The Morgan fingerprint density at radius 3 is 2.00 bits per heavy atom. The summed E-state index contributed by atoms with van der Waals surface area (Å²) in [6.07, 6.45) is -8.71. The standard InChI is InChI=1S/C31H35F6N4O5P/c1-20-9-7-8-10-24(20)25-18-27(40-11-13-41(5,14-12-40)46-47(43,44)45-6)38-19-26(25)39(4)28(42)29(2,3)21-15-22(30(32,33)34)17-23(16-21)31(35,36)37/h7-10,15-19H,11-14H2,1-6H3/p+1. The lowest BCUT2D eigenvalue weighted by atomic mass is 9.81. The number of likely N-dealkylation sites (N-methyl/N-ethyl adjacent to an activating group) is 2. The summed E-state index contributed by atoms with van der Waals surface area (Å²) >= 11 is 0. The summed E-state index contributed by atoms with van der Waals surface area (Å²) in [5.74, 6) is -0.242. The number of hydroxylamine groups is 3. The number of amides is 1. The van der Waals surface area contributed by atoms with E-state index in [-0.39, 0.29) is 16.4 Å². The molecule has 1 saturated heterocycles. The van der Waals surface area contributed by atoms with Crippen LogP contribution in [-0.2, 0) is 36.3 Å². The second-order valence-electron chi connectivity index (χ2n) is 12.1. The highest BCUT2D eigenvalue weighted by Crippen LogP contribution is 2.46. The first kappa shape index (κ1) is 36.3. The Bertz CT molecular complexity index is 1660. The summed E-state index contributed by atoms with van der Waals surface area (Å²) < 4.78 is 104. The summed E-state index contributed by atoms with van der Waals surface area (Å²) in [5, 5.41) is 0. The van der Waals surface area contributed by atoms with Crippen LogP contribution in [0.1, 0.15) is 36.1 Å². The largest absolute Gasteiger partial charge is 0.518 e. The molecule has 1 aromatic heterocycles. The van der Waals surface area contributed by atoms with E-state index in [0.29, 0.717) is 49.7 Å². The lowest BCUT2D eigenvalue weighted by Gasteiger charge is -2.39. The van der Waals surface area contributed by atoms with Crippen LogP contribution in [0.25, 0.3) is 11.1 Å². The van der Waals surface area contributed by atoms with Gasteiger partial charge in [-0.1, -0.05) is 28.9 Å². The molecular weight excluding hydrogens is 653 g/mol. The topological polar surface area (TPSA) is 92.2 Å². The van der Waals surface area contributed by atoms with Crippen molar-refractivity contribution in [3.8, 4) is 11.1 Å². The second kappa shape index (κ2) is 12.8. The average molecular weight is 690 g/mol. The van der Waals surface area contributed by atoms with E-state index >= 15 is 0 Å². The minimum atomic E-state index is -5.07. The van der Waals surface area contributed by atoms with Gasteiger partial charge in [0.1, 0.15) is 18.9 Å². The molecule has 0 saturated carbocycles. The van der Waals surface area contributed by atoms with E-state index < -0.39 is 48.2 Å². The molecule has 9 nitrogen and oxygen atoms in total. The van der Waals surface area contributed by atoms with E-state index in [4.69, 9.17) is 4.62 Å². The number of carbonyl (C=O) groups excluding carboxylic acids is 1. The Morgan fingerprint density at radius 2 is 1.49 bits per heavy atom. The minimum Gasteiger partial charge on any atom is -0.345 e. The quantitative estimate of drug-likeness (QED) is 0.155. The molecule has 3 aromatic rings. The van der Waals surface area contributed by atoms with Crippen LogP contribution >= 0.6 is 7.82 Å². The van der Waals surface area contributed by atoms with Crippen molar-refractivity contribution in [1.29, 1.82) is 0 Å². The van der Waals surface area contributed by atoms with Crippen molar-refractivity contribution < 1.29 is 54.4 Å². The number of piperazine rings is 1. The normalized spacial score (nSPS) is 16.9. The fourth-order valence-corrected chi connectivity index (χ4v) is 6.15. The fraction of sp³-hybridized carbons (Fsp3) is 0.419. The number of hydrogen-bond donors (Lipinski definition) is 1. The summed E-state index contributed by atoms with van der Waals surface area (Å²) in [6, 6.07) is 10.2. The van der Waals surface area contributed by atoms with Crippen molar-refractivity contribution in [3.63, 3.8) is 0 Å². The number of carbonyl (C=O) groups is 1. The number of aromatic nitrogens is 1. The van der Waals surface area contributed by atoms with Crippen molar-refractivity contribution >= 4 is 25.2 Å². The van der Waals surface area contributed by atoms with Gasteiger partial charge in [-0.05, 0) is 61.7 Å². The maximum atomic E-state index is 14.0. The number of anilines is 2. The smallest absolute Gasteiger partial charge is 0.345 e. The van der Waals surface area contributed by atoms with Gasteiger partial charge in [-0.15, -0.1) is 0 Å². The first-order chi connectivity index (χ1) is 21.6. The SMILES string of the molecule is COP(=O)(O)O[N+]1(C)CCN(c2cc(-c3ccccc3C)c(N(C)C(=O)C(C)(C)c3cc(C(F)(F)F)cc(C(F)(F)F)c3)cn2)CC1. The van der Waals surface area contributed by atoms with Crippen molar-refractivity contribution in [2.75, 3.05) is 57.2 Å². The summed E-state index contributed by atoms with van der Waals surface area (Å²) in [4.78, 5) is 31.5. The second-order valence-corrected chi connectivity index (χ2v) is 13.6. The molecule has 1 N–H and O–H groups in total. The van der Waals surface area contributed by atoms with Crippen molar-refractivity contribution in [3.05, 3.63) is 77.0 Å². The fourth-order valence-electron chi connectivity index (χ4n) is 5.42. The van der Waals surface area contributed by atoms with Gasteiger partial charge in [-0.2, -0.15) is 31.0 Å². The first-order valence-corrected chi connectivity index (χ1v) is 15.9. The third-order valence-corrected chi connectivity index (χ3v) is 9.42. The highest BCUT2D eigenvalue weighted by Gasteiger charge is 2.42. The third kappa shape index (κ3) is 7.98. The number of phosphoric acid groups is 1. The van der Waals surface area contributed by atoms with Gasteiger partial charge in [0.05, 0.1) is 48.6 Å². The lowest BCUT2D eigenvalue weighted by molar-refractivity contribution is -1.07. The highest BCUT2D eigenvalue weighted by molar-refractivity contribution is 7.47. The number of nitrogens with zero attached hydrogens (tertiary/aromatic N) is 4. The van der Waals surface area contributed by atoms with Crippen molar-refractivity contribution in [2.45, 2.75) is 38.5 Å². The molecule has 0 radical (unpaired) electrons. The van der Waals surface area contributed by atoms with Gasteiger partial charge in [0.2, 0.25) is 5.91 Å². The molecule has 4 rings (SSSR count). The minimum absolute atomic E-state index is 0.0287. The summed E-state index contributed by atoms with van der Waals surface area (Å²) in [6.45, 7) is 5.77. The van der Waals surface area contributed by atoms with Gasteiger partial charge in [0.15, 0.2) is 0 Å². The van der Waals surface area contributed by atoms with Crippen LogP contribution in [0.2, 0.25) is 0 Å². The number of quaternary nitrogens is 1. The van der Waals surface area contributed by atoms with Gasteiger partial charge in [0, 0.05) is 19.7 Å². The van der Waals surface area contributed by atoms with Gasteiger partial charge in [-0.3, -0.25) is 14.2 Å². The number of rotatable bonds is 8. The number of aryl methyl sites for hydroxylation is 1. The Labute approximate surface area is 268 Å². The number of pyridine rings is 1. The number of benzene rings is 2. The lowest BCUT2D eigenvalue weighted by Crippen LogP contribution is -2.56. The van der Waals surface area contributed by atoms with Crippen LogP contribution in [0.4, 0.5) is 37.8 Å². The number of hydrogen-bond acceptors (Lipinski definition) is 6. The molecule has 1 aliphatic rings. The molecule has 2 aromatic carbocycles. The Hall–Kier alpha value is -3.49. The summed E-state index contributed by atoms with van der Waals surface area (Å²) in [5.41, 5.74) is -2.88. The van der Waals surface area contributed by atoms with Crippen LogP contribution in [0, 0.1) is 6.92 Å². The molecule has 0 bridgehead atoms. The molecule has 1 unspecified atom stereocenters. The number of phosphoric ester groups is 1. The molecule has 16 heteroatoms. The molecular formula is C31H36F6N4O5P+. The Balaban J connectivity index is 1.73. The third-order valence-electron chi connectivity index (χ3n) is 8.35. The molecule has 0 aliphatic carbocycles. The van der Waals surface area contributed by atoms with Crippen molar-refractivity contribution in [2.24, 2.45) is 0 Å². The molecule has 1 fully saturated rings. The molecule has 47 heavy (non-hydrogen) atoms. The zero-order valence-electron chi connectivity index (χ0n) is 26.6. The highest BCUT2D eigenvalue weighted by atomic mass is 31.2. The predicted octanol–water partition coefficient (Wildman–Crippen LogP) is 6.98. The number of halogens is 6. The van der Waals surface area contributed by atoms with Gasteiger partial charge in [0.25, 0.3) is 0 Å². The van der Waals surface area contributed by atoms with E-state index in [1.807, 2.05) is 30.0 Å². The molecule has 1 aliphatic heterocycles. The van der Waals surface area contributed by atoms with E-state index in [9.17, 15) is 40.6 Å². The van der Waals surface area contributed by atoms with Crippen LogP contribution in [0.5, 0.6) is 0 Å². The zero-order chi connectivity index (χ0) is 35.2. The number of alkyl halides is 6. The van der Waals surface area contributed by atoms with E-state index in [1.54, 1.807) is 19.2 Å².